The average molecular weight is 302 g/mol. The Hall–Kier alpha value is -1.81. The van der Waals surface area contributed by atoms with Crippen LogP contribution < -0.4 is 5.73 Å². The highest BCUT2D eigenvalue weighted by Gasteiger charge is 2.12. The van der Waals surface area contributed by atoms with Crippen molar-refractivity contribution in [2.24, 2.45) is 0 Å². The SMILES string of the molecule is Cc1cccc(-c2nc(Br)c3c(N)cccn23)c1. The number of nitrogens with zero attached hydrogens (tertiary/aromatic N) is 2. The van der Waals surface area contributed by atoms with Gasteiger partial charge in [0.25, 0.3) is 0 Å². The first-order chi connectivity index (χ1) is 8.66. The van der Waals surface area contributed by atoms with Crippen LogP contribution in [0.1, 0.15) is 5.56 Å². The van der Waals surface area contributed by atoms with Crippen LogP contribution in [0.2, 0.25) is 0 Å². The predicted octanol–water partition coefficient (Wildman–Crippen LogP) is 3.65. The first-order valence-electron chi connectivity index (χ1n) is 5.66. The monoisotopic (exact) mass is 301 g/mol. The van der Waals surface area contributed by atoms with E-state index in [9.17, 15) is 0 Å². The molecule has 0 atom stereocenters. The molecule has 0 aliphatic carbocycles. The van der Waals surface area contributed by atoms with Gasteiger partial charge in [0.1, 0.15) is 15.9 Å². The van der Waals surface area contributed by atoms with Gasteiger partial charge in [-0.3, -0.25) is 4.40 Å². The van der Waals surface area contributed by atoms with Gasteiger partial charge in [-0.05, 0) is 41.1 Å². The summed E-state index contributed by atoms with van der Waals surface area (Å²) in [6.07, 6.45) is 1.97. The van der Waals surface area contributed by atoms with Gasteiger partial charge in [0.05, 0.1) is 5.69 Å². The first kappa shape index (κ1) is 11.3. The lowest BCUT2D eigenvalue weighted by atomic mass is 10.1. The van der Waals surface area contributed by atoms with Crippen molar-refractivity contribution < 1.29 is 0 Å². The highest BCUT2D eigenvalue weighted by atomic mass is 79.9. The largest absolute Gasteiger partial charge is 0.397 e. The molecule has 18 heavy (non-hydrogen) atoms. The van der Waals surface area contributed by atoms with Crippen LogP contribution in [0.15, 0.2) is 47.2 Å². The predicted molar refractivity (Wildman–Crippen MR) is 77.5 cm³/mol. The van der Waals surface area contributed by atoms with E-state index in [-0.39, 0.29) is 0 Å². The van der Waals surface area contributed by atoms with Crippen molar-refractivity contribution in [1.82, 2.24) is 9.38 Å². The lowest BCUT2D eigenvalue weighted by Gasteiger charge is -2.03. The summed E-state index contributed by atoms with van der Waals surface area (Å²) in [7, 11) is 0. The smallest absolute Gasteiger partial charge is 0.145 e. The molecule has 3 rings (SSSR count). The third-order valence-corrected chi connectivity index (χ3v) is 3.48. The molecule has 2 N–H and O–H groups in total. The Morgan fingerprint density at radius 3 is 2.83 bits per heavy atom. The van der Waals surface area contributed by atoms with Gasteiger partial charge in [0.15, 0.2) is 0 Å². The van der Waals surface area contributed by atoms with Crippen LogP contribution in [0.4, 0.5) is 5.69 Å². The van der Waals surface area contributed by atoms with E-state index in [0.29, 0.717) is 0 Å². The zero-order valence-electron chi connectivity index (χ0n) is 9.89. The number of anilines is 1. The van der Waals surface area contributed by atoms with Crippen molar-refractivity contribution >= 4 is 27.1 Å². The molecule has 0 saturated carbocycles. The molecule has 2 heterocycles. The summed E-state index contributed by atoms with van der Waals surface area (Å²) in [5, 5.41) is 0. The number of halogens is 1. The van der Waals surface area contributed by atoms with Crippen molar-refractivity contribution in [2.75, 3.05) is 5.73 Å². The number of nitrogen functional groups attached to an aromatic ring is 1. The molecule has 3 aromatic rings. The second-order valence-electron chi connectivity index (χ2n) is 4.28. The lowest BCUT2D eigenvalue weighted by molar-refractivity contribution is 1.16. The molecule has 2 aromatic heterocycles. The molecule has 0 aliphatic heterocycles. The maximum atomic E-state index is 5.99. The van der Waals surface area contributed by atoms with Crippen molar-refractivity contribution in [3.63, 3.8) is 0 Å². The Kier molecular flexibility index (Phi) is 2.59. The van der Waals surface area contributed by atoms with Crippen LogP contribution >= 0.6 is 15.9 Å². The molecule has 0 spiro atoms. The highest BCUT2D eigenvalue weighted by molar-refractivity contribution is 9.10. The standard InChI is InChI=1S/C14H12BrN3/c1-9-4-2-5-10(8-9)14-17-13(15)12-11(16)6-3-7-18(12)14/h2-8H,16H2,1H3. The van der Waals surface area contributed by atoms with Crippen LogP contribution in [0.3, 0.4) is 0 Å². The number of imidazole rings is 1. The van der Waals surface area contributed by atoms with Crippen molar-refractivity contribution in [3.8, 4) is 11.4 Å². The number of nitrogens with two attached hydrogens (primary N) is 1. The molecule has 3 nitrogen and oxygen atoms in total. The zero-order valence-corrected chi connectivity index (χ0v) is 11.5. The number of benzene rings is 1. The van der Waals surface area contributed by atoms with Gasteiger partial charge in [0.2, 0.25) is 0 Å². The van der Waals surface area contributed by atoms with Crippen LogP contribution in [-0.4, -0.2) is 9.38 Å². The fourth-order valence-electron chi connectivity index (χ4n) is 2.11. The fraction of sp³-hybridized carbons (Fsp3) is 0.0714. The summed E-state index contributed by atoms with van der Waals surface area (Å²) in [4.78, 5) is 4.56. The molecular formula is C14H12BrN3. The van der Waals surface area contributed by atoms with Crippen LogP contribution in [-0.2, 0) is 0 Å². The van der Waals surface area contributed by atoms with Crippen LogP contribution in [0.25, 0.3) is 16.9 Å². The van der Waals surface area contributed by atoms with Gasteiger partial charge in [-0.25, -0.2) is 4.98 Å². The third kappa shape index (κ3) is 1.69. The first-order valence-corrected chi connectivity index (χ1v) is 6.45. The average Bonchev–Trinajstić information content (AvgIpc) is 2.68. The van der Waals surface area contributed by atoms with E-state index in [1.807, 2.05) is 28.8 Å². The molecule has 1 aromatic carbocycles. The molecule has 0 aliphatic rings. The number of hydrogen-bond acceptors (Lipinski definition) is 2. The Morgan fingerprint density at radius 1 is 1.22 bits per heavy atom. The molecular weight excluding hydrogens is 290 g/mol. The van der Waals surface area contributed by atoms with Gasteiger partial charge in [-0.2, -0.15) is 0 Å². The number of aromatic nitrogens is 2. The Morgan fingerprint density at radius 2 is 2.06 bits per heavy atom. The van der Waals surface area contributed by atoms with Crippen LogP contribution in [0, 0.1) is 6.92 Å². The summed E-state index contributed by atoms with van der Waals surface area (Å²) in [6.45, 7) is 2.07. The van der Waals surface area contributed by atoms with Gasteiger partial charge in [-0.15, -0.1) is 0 Å². The lowest BCUT2D eigenvalue weighted by Crippen LogP contribution is -1.93. The van der Waals surface area contributed by atoms with Crippen molar-refractivity contribution in [3.05, 3.63) is 52.8 Å². The van der Waals surface area contributed by atoms with E-state index in [0.717, 1.165) is 27.2 Å². The summed E-state index contributed by atoms with van der Waals surface area (Å²) < 4.78 is 2.78. The fourth-order valence-corrected chi connectivity index (χ4v) is 2.70. The zero-order chi connectivity index (χ0) is 12.7. The normalized spacial score (nSPS) is 11.0. The number of aryl methyl sites for hydroxylation is 1. The quantitative estimate of drug-likeness (QED) is 0.745. The van der Waals surface area contributed by atoms with E-state index >= 15 is 0 Å². The number of fused-ring (bicyclic) bond motifs is 1. The minimum atomic E-state index is 0.718. The summed E-state index contributed by atoms with van der Waals surface area (Å²) in [6, 6.07) is 12.1. The minimum absolute atomic E-state index is 0.718. The molecule has 0 saturated heterocycles. The van der Waals surface area contributed by atoms with Crippen molar-refractivity contribution in [1.29, 1.82) is 0 Å². The van der Waals surface area contributed by atoms with Crippen LogP contribution in [0.5, 0.6) is 0 Å². The summed E-state index contributed by atoms with van der Waals surface area (Å²) in [5.41, 5.74) is 9.91. The maximum absolute atomic E-state index is 5.99. The van der Waals surface area contributed by atoms with Gasteiger partial charge in [0, 0.05) is 11.8 Å². The topological polar surface area (TPSA) is 43.3 Å². The molecule has 4 heteroatoms. The number of hydrogen-bond donors (Lipinski definition) is 1. The van der Waals surface area contributed by atoms with E-state index < -0.39 is 0 Å². The third-order valence-electron chi connectivity index (χ3n) is 2.93. The second kappa shape index (κ2) is 4.14. The van der Waals surface area contributed by atoms with E-state index in [2.05, 4.69) is 46.0 Å². The molecule has 0 fully saturated rings. The Balaban J connectivity index is 2.34. The Bertz CT molecular complexity index is 731. The summed E-state index contributed by atoms with van der Waals surface area (Å²) >= 11 is 3.47. The molecule has 0 amide bonds. The van der Waals surface area contributed by atoms with E-state index in [4.69, 9.17) is 5.73 Å². The molecule has 0 radical (unpaired) electrons. The Labute approximate surface area is 113 Å². The highest BCUT2D eigenvalue weighted by Crippen LogP contribution is 2.29. The number of rotatable bonds is 1. The minimum Gasteiger partial charge on any atom is -0.397 e. The number of pyridine rings is 1. The van der Waals surface area contributed by atoms with E-state index in [1.165, 1.54) is 5.56 Å². The van der Waals surface area contributed by atoms with Gasteiger partial charge >= 0.3 is 0 Å². The second-order valence-corrected chi connectivity index (χ2v) is 5.03. The molecule has 0 unspecified atom stereocenters. The van der Waals surface area contributed by atoms with Gasteiger partial charge in [-0.1, -0.05) is 23.8 Å². The maximum Gasteiger partial charge on any atom is 0.145 e. The molecule has 90 valence electrons. The van der Waals surface area contributed by atoms with Gasteiger partial charge < -0.3 is 5.73 Å². The molecule has 0 bridgehead atoms. The van der Waals surface area contributed by atoms with Crippen molar-refractivity contribution in [2.45, 2.75) is 6.92 Å². The summed E-state index contributed by atoms with van der Waals surface area (Å²) in [5.74, 6) is 0.896. The van der Waals surface area contributed by atoms with E-state index in [1.54, 1.807) is 0 Å².